The minimum Gasteiger partial charge on any atom is -0.507 e. The fourth-order valence-electron chi connectivity index (χ4n) is 1.86. The molecule has 0 spiro atoms. The minimum absolute atomic E-state index is 0.199. The summed E-state index contributed by atoms with van der Waals surface area (Å²) in [4.78, 5) is 11.0. The van der Waals surface area contributed by atoms with Gasteiger partial charge in [-0.3, -0.25) is 4.68 Å². The van der Waals surface area contributed by atoms with Crippen molar-refractivity contribution in [2.75, 3.05) is 0 Å². The van der Waals surface area contributed by atoms with Crippen LogP contribution < -0.4 is 0 Å². The lowest BCUT2D eigenvalue weighted by molar-refractivity contribution is -0.110. The lowest BCUT2D eigenvalue weighted by atomic mass is 10.2. The Hall–Kier alpha value is -1.84. The Bertz CT molecular complexity index is 505. The van der Waals surface area contributed by atoms with E-state index < -0.39 is 0 Å². The molecule has 4 heteroatoms. The summed E-state index contributed by atoms with van der Waals surface area (Å²) in [5.41, 5.74) is 0.797. The third-order valence-electron chi connectivity index (χ3n) is 2.67. The van der Waals surface area contributed by atoms with E-state index >= 15 is 0 Å². The number of aromatic nitrogens is 2. The molecule has 0 aliphatic heterocycles. The number of carbonyl (C=O) groups excluding carboxylic acids is 1. The van der Waals surface area contributed by atoms with Crippen LogP contribution in [0.1, 0.15) is 25.8 Å². The molecule has 1 unspecified atom stereocenters. The number of phenolic OH excluding ortho intramolecular Hbond substituents is 1. The van der Waals surface area contributed by atoms with Gasteiger partial charge in [0, 0.05) is 0 Å². The second kappa shape index (κ2) is 4.35. The van der Waals surface area contributed by atoms with E-state index in [-0.39, 0.29) is 11.8 Å². The molecular weight excluding hydrogens is 204 g/mol. The smallest absolute Gasteiger partial charge is 0.144 e. The van der Waals surface area contributed by atoms with Gasteiger partial charge in [-0.1, -0.05) is 19.4 Å². The van der Waals surface area contributed by atoms with Crippen LogP contribution in [-0.4, -0.2) is 21.2 Å². The Labute approximate surface area is 93.5 Å². The highest BCUT2D eigenvalue weighted by atomic mass is 16.3. The molecule has 2 rings (SSSR count). The monoisotopic (exact) mass is 218 g/mol. The first-order valence-corrected chi connectivity index (χ1v) is 5.38. The van der Waals surface area contributed by atoms with Crippen LogP contribution in [0.15, 0.2) is 24.4 Å². The molecule has 1 N–H and O–H groups in total. The van der Waals surface area contributed by atoms with Gasteiger partial charge in [0.2, 0.25) is 0 Å². The third kappa shape index (κ3) is 1.66. The zero-order valence-corrected chi connectivity index (χ0v) is 9.13. The van der Waals surface area contributed by atoms with Gasteiger partial charge in [0.05, 0.1) is 17.1 Å². The molecule has 0 bridgehead atoms. The average molecular weight is 218 g/mol. The molecular formula is C12H14N2O2. The van der Waals surface area contributed by atoms with Gasteiger partial charge < -0.3 is 9.90 Å². The van der Waals surface area contributed by atoms with Crippen molar-refractivity contribution < 1.29 is 9.90 Å². The zero-order chi connectivity index (χ0) is 11.5. The number of hydrogen-bond donors (Lipinski definition) is 1. The molecule has 0 fully saturated rings. The Morgan fingerprint density at radius 1 is 1.56 bits per heavy atom. The van der Waals surface area contributed by atoms with Crippen molar-refractivity contribution >= 4 is 17.2 Å². The number of phenols is 1. The predicted molar refractivity (Wildman–Crippen MR) is 61.4 cm³/mol. The SMILES string of the molecule is CCCC(C=O)n1ncc2c(O)cccc21. The van der Waals surface area contributed by atoms with Crippen molar-refractivity contribution in [3.8, 4) is 5.75 Å². The van der Waals surface area contributed by atoms with Gasteiger partial charge in [-0.15, -0.1) is 0 Å². The van der Waals surface area contributed by atoms with Crippen LogP contribution in [0.2, 0.25) is 0 Å². The quantitative estimate of drug-likeness (QED) is 0.801. The number of hydrogen-bond acceptors (Lipinski definition) is 3. The summed E-state index contributed by atoms with van der Waals surface area (Å²) in [7, 11) is 0. The molecule has 2 aromatic rings. The van der Waals surface area contributed by atoms with Crippen LogP contribution in [0, 0.1) is 0 Å². The standard InChI is InChI=1S/C12H14N2O2/c1-2-4-9(8-15)14-11-5-3-6-12(16)10(11)7-13-14/h3,5-9,16H,2,4H2,1H3. The summed E-state index contributed by atoms with van der Waals surface area (Å²) < 4.78 is 1.67. The molecule has 16 heavy (non-hydrogen) atoms. The van der Waals surface area contributed by atoms with E-state index in [1.165, 1.54) is 0 Å². The van der Waals surface area contributed by atoms with Crippen LogP contribution in [0.5, 0.6) is 5.75 Å². The first-order valence-electron chi connectivity index (χ1n) is 5.38. The maximum atomic E-state index is 11.0. The number of carbonyl (C=O) groups is 1. The maximum Gasteiger partial charge on any atom is 0.144 e. The number of nitrogens with zero attached hydrogens (tertiary/aromatic N) is 2. The molecule has 1 atom stereocenters. The second-order valence-corrected chi connectivity index (χ2v) is 3.79. The zero-order valence-electron chi connectivity index (χ0n) is 9.13. The van der Waals surface area contributed by atoms with E-state index in [1.54, 1.807) is 23.0 Å². The topological polar surface area (TPSA) is 55.1 Å². The number of aldehydes is 1. The van der Waals surface area contributed by atoms with E-state index in [2.05, 4.69) is 5.10 Å². The highest BCUT2D eigenvalue weighted by Crippen LogP contribution is 2.26. The van der Waals surface area contributed by atoms with Crippen molar-refractivity contribution in [2.24, 2.45) is 0 Å². The number of benzene rings is 1. The van der Waals surface area contributed by atoms with Gasteiger partial charge >= 0.3 is 0 Å². The van der Waals surface area contributed by atoms with Crippen molar-refractivity contribution in [1.29, 1.82) is 0 Å². The van der Waals surface area contributed by atoms with Crippen LogP contribution in [0.4, 0.5) is 0 Å². The third-order valence-corrected chi connectivity index (χ3v) is 2.67. The largest absolute Gasteiger partial charge is 0.507 e. The fraction of sp³-hybridized carbons (Fsp3) is 0.333. The number of rotatable bonds is 4. The van der Waals surface area contributed by atoms with Crippen molar-refractivity contribution in [1.82, 2.24) is 9.78 Å². The van der Waals surface area contributed by atoms with E-state index in [4.69, 9.17) is 0 Å². The first-order chi connectivity index (χ1) is 7.77. The molecule has 0 radical (unpaired) electrons. The van der Waals surface area contributed by atoms with Gasteiger partial charge in [0.1, 0.15) is 18.1 Å². The van der Waals surface area contributed by atoms with Gasteiger partial charge in [-0.05, 0) is 18.6 Å². The van der Waals surface area contributed by atoms with E-state index in [1.807, 2.05) is 13.0 Å². The molecule has 0 amide bonds. The first kappa shape index (κ1) is 10.7. The molecule has 84 valence electrons. The molecule has 0 saturated carbocycles. The summed E-state index contributed by atoms with van der Waals surface area (Å²) in [5.74, 6) is 0.199. The van der Waals surface area contributed by atoms with Gasteiger partial charge in [-0.2, -0.15) is 5.10 Å². The number of aromatic hydroxyl groups is 1. The summed E-state index contributed by atoms with van der Waals surface area (Å²) in [6, 6.07) is 4.98. The Morgan fingerprint density at radius 2 is 2.38 bits per heavy atom. The van der Waals surface area contributed by atoms with Crippen LogP contribution in [0.25, 0.3) is 10.9 Å². The maximum absolute atomic E-state index is 11.0. The second-order valence-electron chi connectivity index (χ2n) is 3.79. The van der Waals surface area contributed by atoms with Crippen molar-refractivity contribution in [3.63, 3.8) is 0 Å². The summed E-state index contributed by atoms with van der Waals surface area (Å²) in [5, 5.41) is 14.5. The van der Waals surface area contributed by atoms with Gasteiger partial charge in [0.15, 0.2) is 0 Å². The Balaban J connectivity index is 2.52. The Morgan fingerprint density at radius 3 is 3.06 bits per heavy atom. The Kier molecular flexibility index (Phi) is 2.90. The predicted octanol–water partition coefficient (Wildman–Crippen LogP) is 2.28. The normalized spacial score (nSPS) is 12.8. The molecule has 0 aliphatic rings. The average Bonchev–Trinajstić information content (AvgIpc) is 2.71. The van der Waals surface area contributed by atoms with Crippen molar-refractivity contribution in [2.45, 2.75) is 25.8 Å². The lowest BCUT2D eigenvalue weighted by Crippen LogP contribution is -2.11. The fourth-order valence-corrected chi connectivity index (χ4v) is 1.86. The molecule has 0 aliphatic carbocycles. The van der Waals surface area contributed by atoms with Crippen molar-refractivity contribution in [3.05, 3.63) is 24.4 Å². The highest BCUT2D eigenvalue weighted by molar-refractivity contribution is 5.85. The van der Waals surface area contributed by atoms with Crippen LogP contribution in [-0.2, 0) is 4.79 Å². The summed E-state index contributed by atoms with van der Waals surface area (Å²) in [6.07, 6.45) is 4.18. The van der Waals surface area contributed by atoms with Gasteiger partial charge in [0.25, 0.3) is 0 Å². The minimum atomic E-state index is -0.246. The van der Waals surface area contributed by atoms with E-state index in [0.717, 1.165) is 24.6 Å². The van der Waals surface area contributed by atoms with E-state index in [9.17, 15) is 9.90 Å². The highest BCUT2D eigenvalue weighted by Gasteiger charge is 2.13. The molecule has 1 heterocycles. The summed E-state index contributed by atoms with van der Waals surface area (Å²) >= 11 is 0. The molecule has 1 aromatic carbocycles. The van der Waals surface area contributed by atoms with Crippen LogP contribution in [0.3, 0.4) is 0 Å². The molecule has 1 aromatic heterocycles. The van der Waals surface area contributed by atoms with Crippen LogP contribution >= 0.6 is 0 Å². The number of fused-ring (bicyclic) bond motifs is 1. The molecule has 0 saturated heterocycles. The van der Waals surface area contributed by atoms with Gasteiger partial charge in [-0.25, -0.2) is 0 Å². The lowest BCUT2D eigenvalue weighted by Gasteiger charge is -2.10. The molecule has 4 nitrogen and oxygen atoms in total. The summed E-state index contributed by atoms with van der Waals surface area (Å²) in [6.45, 7) is 2.03. The van der Waals surface area contributed by atoms with E-state index in [0.29, 0.717) is 5.39 Å².